The summed E-state index contributed by atoms with van der Waals surface area (Å²) in [5, 5.41) is 18.2. The number of nitro groups is 1. The van der Waals surface area contributed by atoms with Crippen molar-refractivity contribution in [2.45, 2.75) is 20.4 Å². The Bertz CT molecular complexity index is 1410. The molecule has 0 fully saturated rings. The second kappa shape index (κ2) is 8.87. The van der Waals surface area contributed by atoms with Gasteiger partial charge in [0, 0.05) is 42.5 Å². The maximum absolute atomic E-state index is 12.8. The van der Waals surface area contributed by atoms with Crippen LogP contribution in [0.15, 0.2) is 71.8 Å². The predicted molar refractivity (Wildman–Crippen MR) is 122 cm³/mol. The molecular weight excluding hydrogens is 424 g/mol. The third-order valence-corrected chi connectivity index (χ3v) is 5.12. The van der Waals surface area contributed by atoms with Gasteiger partial charge in [-0.2, -0.15) is 5.10 Å². The highest BCUT2D eigenvalue weighted by Crippen LogP contribution is 2.22. The molecule has 0 saturated carbocycles. The summed E-state index contributed by atoms with van der Waals surface area (Å²) in [6.45, 7) is 4.15. The first-order valence-corrected chi connectivity index (χ1v) is 10.1. The summed E-state index contributed by atoms with van der Waals surface area (Å²) >= 11 is 0. The van der Waals surface area contributed by atoms with Crippen LogP contribution in [0.25, 0.3) is 5.69 Å². The van der Waals surface area contributed by atoms with Crippen molar-refractivity contribution >= 4 is 17.3 Å². The molecule has 1 N–H and O–H groups in total. The van der Waals surface area contributed by atoms with E-state index in [-0.39, 0.29) is 17.1 Å². The van der Waals surface area contributed by atoms with Crippen LogP contribution in [-0.4, -0.2) is 30.2 Å². The molecule has 0 spiro atoms. The highest BCUT2D eigenvalue weighted by atomic mass is 16.6. The molecule has 0 aliphatic heterocycles. The van der Waals surface area contributed by atoms with Gasteiger partial charge in [-0.25, -0.2) is 9.67 Å². The number of nitrogens with one attached hydrogen (secondary N) is 1. The van der Waals surface area contributed by atoms with Crippen LogP contribution >= 0.6 is 0 Å². The Morgan fingerprint density at radius 1 is 1.12 bits per heavy atom. The molecule has 2 aromatic heterocycles. The average Bonchev–Trinajstić information content (AvgIpc) is 3.19. The van der Waals surface area contributed by atoms with Crippen LogP contribution in [0.4, 0.5) is 11.4 Å². The summed E-state index contributed by atoms with van der Waals surface area (Å²) < 4.78 is 3.22. The maximum atomic E-state index is 12.8. The fraction of sp³-hybridized carbons (Fsp3) is 0.130. The standard InChI is InChI=1S/C23H20N6O4/c1-15-13-21(30)22(26-28(15)19-5-3-4-6-20(19)29(32)33)23(31)25-18-9-7-17(8-10-18)14-27-12-11-24-16(27)2/h3-13H,14H2,1-2H3,(H,25,31). The number of amides is 1. The minimum Gasteiger partial charge on any atom is -0.331 e. The van der Waals surface area contributed by atoms with Crippen LogP contribution < -0.4 is 10.7 Å². The predicted octanol–water partition coefficient (Wildman–Crippen LogP) is 3.25. The van der Waals surface area contributed by atoms with Crippen molar-refractivity contribution in [2.75, 3.05) is 5.32 Å². The molecule has 1 amide bonds. The maximum Gasteiger partial charge on any atom is 0.294 e. The fourth-order valence-corrected chi connectivity index (χ4v) is 3.40. The van der Waals surface area contributed by atoms with Crippen molar-refractivity contribution < 1.29 is 9.72 Å². The molecule has 0 atom stereocenters. The zero-order valence-electron chi connectivity index (χ0n) is 17.9. The number of carbonyl (C=O) groups is 1. The Labute approximate surface area is 188 Å². The van der Waals surface area contributed by atoms with Gasteiger partial charge in [0.2, 0.25) is 5.43 Å². The first-order chi connectivity index (χ1) is 15.8. The topological polar surface area (TPSA) is 125 Å². The van der Waals surface area contributed by atoms with E-state index in [1.165, 1.54) is 28.9 Å². The van der Waals surface area contributed by atoms with E-state index < -0.39 is 16.3 Å². The second-order valence-electron chi connectivity index (χ2n) is 7.41. The molecule has 166 valence electrons. The van der Waals surface area contributed by atoms with E-state index in [2.05, 4.69) is 15.4 Å². The summed E-state index contributed by atoms with van der Waals surface area (Å²) in [5.74, 6) is 0.193. The van der Waals surface area contributed by atoms with E-state index in [1.54, 1.807) is 31.3 Å². The number of hydrogen-bond acceptors (Lipinski definition) is 6. The van der Waals surface area contributed by atoms with Crippen molar-refractivity contribution in [2.24, 2.45) is 0 Å². The highest BCUT2D eigenvalue weighted by Gasteiger charge is 2.20. The van der Waals surface area contributed by atoms with Gasteiger partial charge in [0.05, 0.1) is 4.92 Å². The number of rotatable bonds is 6. The van der Waals surface area contributed by atoms with E-state index in [9.17, 15) is 19.7 Å². The normalized spacial score (nSPS) is 10.7. The van der Waals surface area contributed by atoms with Gasteiger partial charge in [0.25, 0.3) is 11.6 Å². The number of aromatic nitrogens is 4. The summed E-state index contributed by atoms with van der Waals surface area (Å²) in [6.07, 6.45) is 3.62. The lowest BCUT2D eigenvalue weighted by Gasteiger charge is -2.12. The Balaban J connectivity index is 1.59. The molecule has 0 bridgehead atoms. The number of hydrogen-bond donors (Lipinski definition) is 1. The van der Waals surface area contributed by atoms with E-state index in [4.69, 9.17) is 0 Å². The van der Waals surface area contributed by atoms with Crippen LogP contribution in [-0.2, 0) is 6.54 Å². The van der Waals surface area contributed by atoms with Crippen LogP contribution in [0.5, 0.6) is 0 Å². The monoisotopic (exact) mass is 444 g/mol. The molecule has 2 aromatic carbocycles. The summed E-state index contributed by atoms with van der Waals surface area (Å²) in [5.41, 5.74) is 0.903. The molecule has 0 saturated heterocycles. The van der Waals surface area contributed by atoms with E-state index in [0.29, 0.717) is 17.9 Å². The molecule has 33 heavy (non-hydrogen) atoms. The lowest BCUT2D eigenvalue weighted by Crippen LogP contribution is -2.27. The molecule has 10 nitrogen and oxygen atoms in total. The first-order valence-electron chi connectivity index (χ1n) is 10.1. The molecule has 10 heteroatoms. The number of aryl methyl sites for hydroxylation is 2. The average molecular weight is 444 g/mol. The lowest BCUT2D eigenvalue weighted by molar-refractivity contribution is -0.384. The number of nitrogens with zero attached hydrogens (tertiary/aromatic N) is 5. The van der Waals surface area contributed by atoms with Gasteiger partial charge in [-0.3, -0.25) is 19.7 Å². The second-order valence-corrected chi connectivity index (χ2v) is 7.41. The van der Waals surface area contributed by atoms with E-state index >= 15 is 0 Å². The lowest BCUT2D eigenvalue weighted by atomic mass is 10.2. The van der Waals surface area contributed by atoms with Gasteiger partial charge in [-0.1, -0.05) is 24.3 Å². The number of carbonyl (C=O) groups excluding carboxylic acids is 1. The quantitative estimate of drug-likeness (QED) is 0.359. The van der Waals surface area contributed by atoms with Crippen molar-refractivity contribution in [1.29, 1.82) is 0 Å². The van der Waals surface area contributed by atoms with Crippen LogP contribution in [0.3, 0.4) is 0 Å². The summed E-state index contributed by atoms with van der Waals surface area (Å²) in [7, 11) is 0. The van der Waals surface area contributed by atoms with Crippen molar-refractivity contribution in [3.8, 4) is 5.69 Å². The Morgan fingerprint density at radius 2 is 1.85 bits per heavy atom. The number of nitro benzene ring substituents is 1. The molecule has 0 unspecified atom stereocenters. The molecular formula is C23H20N6O4. The van der Waals surface area contributed by atoms with Crippen molar-refractivity contribution in [3.63, 3.8) is 0 Å². The first kappa shape index (κ1) is 21.6. The van der Waals surface area contributed by atoms with Crippen LogP contribution in [0, 0.1) is 24.0 Å². The Hall–Kier alpha value is -4.60. The van der Waals surface area contributed by atoms with Gasteiger partial charge in [-0.05, 0) is 37.6 Å². The molecule has 4 rings (SSSR count). The molecule has 0 aliphatic carbocycles. The van der Waals surface area contributed by atoms with E-state index in [1.807, 2.05) is 29.8 Å². The Kier molecular flexibility index (Phi) is 5.81. The molecule has 2 heterocycles. The molecule has 4 aromatic rings. The van der Waals surface area contributed by atoms with Gasteiger partial charge >= 0.3 is 0 Å². The minimum atomic E-state index is -0.703. The van der Waals surface area contributed by atoms with Gasteiger partial charge < -0.3 is 9.88 Å². The highest BCUT2D eigenvalue weighted by molar-refractivity contribution is 6.02. The number of benzene rings is 2. The van der Waals surface area contributed by atoms with Gasteiger partial charge in [0.15, 0.2) is 5.69 Å². The summed E-state index contributed by atoms with van der Waals surface area (Å²) in [6, 6.07) is 14.4. The smallest absolute Gasteiger partial charge is 0.294 e. The fourth-order valence-electron chi connectivity index (χ4n) is 3.40. The number of para-hydroxylation sites is 2. The van der Waals surface area contributed by atoms with E-state index in [0.717, 1.165) is 11.4 Å². The largest absolute Gasteiger partial charge is 0.331 e. The van der Waals surface area contributed by atoms with Gasteiger partial charge in [-0.15, -0.1) is 0 Å². The molecule has 0 aliphatic rings. The molecule has 0 radical (unpaired) electrons. The van der Waals surface area contributed by atoms with Gasteiger partial charge in [0.1, 0.15) is 11.5 Å². The third kappa shape index (κ3) is 4.54. The zero-order chi connectivity index (χ0) is 23.5. The third-order valence-electron chi connectivity index (χ3n) is 5.12. The van der Waals surface area contributed by atoms with Crippen LogP contribution in [0.2, 0.25) is 0 Å². The SMILES string of the molecule is Cc1nccn1Cc1ccc(NC(=O)c2nn(-c3ccccc3[N+](=O)[O-])c(C)cc2=O)cc1. The minimum absolute atomic E-state index is 0.160. The number of imidazole rings is 1. The summed E-state index contributed by atoms with van der Waals surface area (Å²) in [4.78, 5) is 40.3. The zero-order valence-corrected chi connectivity index (χ0v) is 17.9. The van der Waals surface area contributed by atoms with Crippen molar-refractivity contribution in [1.82, 2.24) is 19.3 Å². The van der Waals surface area contributed by atoms with Crippen LogP contribution in [0.1, 0.15) is 27.6 Å². The Morgan fingerprint density at radius 3 is 2.52 bits per heavy atom. The number of anilines is 1. The van der Waals surface area contributed by atoms with Crippen molar-refractivity contribution in [3.05, 3.63) is 110 Å².